The zero-order valence-corrected chi connectivity index (χ0v) is 13.2. The van der Waals surface area contributed by atoms with Crippen LogP contribution in [-0.2, 0) is 0 Å². The van der Waals surface area contributed by atoms with Gasteiger partial charge in [-0.15, -0.1) is 0 Å². The Morgan fingerprint density at radius 2 is 1.74 bits per heavy atom. The summed E-state index contributed by atoms with van der Waals surface area (Å²) in [7, 11) is 0. The zero-order chi connectivity index (χ0) is 15.8. The third-order valence-corrected chi connectivity index (χ3v) is 4.35. The summed E-state index contributed by atoms with van der Waals surface area (Å²) in [6, 6.07) is 12.5. The Morgan fingerprint density at radius 3 is 2.48 bits per heavy atom. The van der Waals surface area contributed by atoms with Gasteiger partial charge in [-0.3, -0.25) is 9.38 Å². The van der Waals surface area contributed by atoms with Crippen molar-refractivity contribution in [1.82, 2.24) is 14.4 Å². The van der Waals surface area contributed by atoms with Gasteiger partial charge in [0.25, 0.3) is 0 Å². The Bertz CT molecular complexity index is 1120. The molecule has 0 amide bonds. The average molecular weight is 299 g/mol. The van der Waals surface area contributed by atoms with Gasteiger partial charge in [-0.25, -0.2) is 4.98 Å². The maximum Gasteiger partial charge on any atom is 0.145 e. The molecule has 0 aliphatic carbocycles. The number of fused-ring (bicyclic) bond motifs is 3. The quantitative estimate of drug-likeness (QED) is 0.541. The third kappa shape index (κ3) is 2.05. The van der Waals surface area contributed by atoms with Gasteiger partial charge in [0, 0.05) is 35.4 Å². The largest absolute Gasteiger partial charge is 0.299 e. The summed E-state index contributed by atoms with van der Waals surface area (Å²) in [6.07, 6.45) is 9.75. The number of imidazole rings is 1. The molecule has 0 aliphatic rings. The van der Waals surface area contributed by atoms with Crippen LogP contribution in [0.5, 0.6) is 0 Å². The molecule has 3 nitrogen and oxygen atoms in total. The summed E-state index contributed by atoms with van der Waals surface area (Å²) in [4.78, 5) is 8.71. The molecule has 1 aromatic carbocycles. The molecule has 0 unspecified atom stereocenters. The first-order valence-electron chi connectivity index (χ1n) is 7.72. The minimum absolute atomic E-state index is 0.995. The van der Waals surface area contributed by atoms with Crippen LogP contribution in [0.15, 0.2) is 61.2 Å². The average Bonchev–Trinajstić information content (AvgIpc) is 3.10. The van der Waals surface area contributed by atoms with Crippen molar-refractivity contribution in [2.24, 2.45) is 0 Å². The van der Waals surface area contributed by atoms with Gasteiger partial charge in [0.05, 0.1) is 5.35 Å². The fourth-order valence-corrected chi connectivity index (χ4v) is 3.27. The van der Waals surface area contributed by atoms with Crippen molar-refractivity contribution in [3.8, 4) is 0 Å². The van der Waals surface area contributed by atoms with E-state index in [2.05, 4.69) is 58.6 Å². The van der Waals surface area contributed by atoms with Crippen LogP contribution in [0.3, 0.4) is 0 Å². The Balaban J connectivity index is 2.33. The standard InChI is InChI=1S/C20H17N3/c1-3-16-17-6-4-5-7-18(17)20-22-12-13-23(20)19(16)14(2)15-8-10-21-11-9-15/h3-13H,1-2H3/b16-3-,19-14-. The van der Waals surface area contributed by atoms with E-state index in [1.807, 2.05) is 36.9 Å². The highest BCUT2D eigenvalue weighted by molar-refractivity contribution is 5.95. The van der Waals surface area contributed by atoms with E-state index in [0.29, 0.717) is 0 Å². The van der Waals surface area contributed by atoms with Gasteiger partial charge in [0.15, 0.2) is 0 Å². The van der Waals surface area contributed by atoms with Crippen molar-refractivity contribution in [3.63, 3.8) is 0 Å². The molecule has 0 saturated heterocycles. The maximum absolute atomic E-state index is 4.58. The van der Waals surface area contributed by atoms with Gasteiger partial charge in [-0.05, 0) is 42.5 Å². The molecular formula is C20H17N3. The molecule has 112 valence electrons. The summed E-state index contributed by atoms with van der Waals surface area (Å²) in [5.41, 5.74) is 3.39. The van der Waals surface area contributed by atoms with Gasteiger partial charge in [-0.1, -0.05) is 30.3 Å². The molecule has 0 aliphatic heterocycles. The molecule has 4 rings (SSSR count). The summed E-state index contributed by atoms with van der Waals surface area (Å²) in [6.45, 7) is 4.25. The first-order chi connectivity index (χ1) is 11.3. The Hall–Kier alpha value is -2.94. The molecule has 0 N–H and O–H groups in total. The van der Waals surface area contributed by atoms with Gasteiger partial charge in [0.2, 0.25) is 0 Å². The number of hydrogen-bond donors (Lipinski definition) is 0. The van der Waals surface area contributed by atoms with Crippen molar-refractivity contribution >= 4 is 28.1 Å². The molecule has 0 bridgehead atoms. The van der Waals surface area contributed by atoms with E-state index < -0.39 is 0 Å². The second-order valence-electron chi connectivity index (χ2n) is 5.58. The van der Waals surface area contributed by atoms with Crippen LogP contribution < -0.4 is 10.6 Å². The minimum Gasteiger partial charge on any atom is -0.299 e. The normalized spacial score (nSPS) is 13.7. The lowest BCUT2D eigenvalue weighted by Crippen LogP contribution is -2.34. The number of nitrogens with zero attached hydrogens (tertiary/aromatic N) is 3. The highest BCUT2D eigenvalue weighted by Crippen LogP contribution is 2.15. The monoisotopic (exact) mass is 299 g/mol. The summed E-state index contributed by atoms with van der Waals surface area (Å²) in [5, 5.41) is 4.83. The smallest absolute Gasteiger partial charge is 0.145 e. The van der Waals surface area contributed by atoms with Crippen LogP contribution in [0.25, 0.3) is 28.1 Å². The first kappa shape index (κ1) is 13.7. The highest BCUT2D eigenvalue weighted by Gasteiger charge is 2.08. The zero-order valence-electron chi connectivity index (χ0n) is 13.2. The minimum atomic E-state index is 0.995. The molecule has 23 heavy (non-hydrogen) atoms. The van der Waals surface area contributed by atoms with E-state index in [4.69, 9.17) is 0 Å². The summed E-state index contributed by atoms with van der Waals surface area (Å²) < 4.78 is 2.19. The van der Waals surface area contributed by atoms with Gasteiger partial charge >= 0.3 is 0 Å². The fraction of sp³-hybridized carbons (Fsp3) is 0.100. The number of hydrogen-bond acceptors (Lipinski definition) is 2. The van der Waals surface area contributed by atoms with Crippen LogP contribution in [-0.4, -0.2) is 14.4 Å². The molecule has 0 radical (unpaired) electrons. The van der Waals surface area contributed by atoms with Crippen LogP contribution in [0.2, 0.25) is 0 Å². The topological polar surface area (TPSA) is 30.2 Å². The Morgan fingerprint density at radius 1 is 1.00 bits per heavy atom. The highest BCUT2D eigenvalue weighted by atomic mass is 15.0. The van der Waals surface area contributed by atoms with Crippen molar-refractivity contribution in [3.05, 3.63) is 77.3 Å². The lowest BCUT2D eigenvalue weighted by molar-refractivity contribution is 1.11. The number of rotatable bonds is 1. The molecular weight excluding hydrogens is 282 g/mol. The second-order valence-corrected chi connectivity index (χ2v) is 5.58. The van der Waals surface area contributed by atoms with Crippen LogP contribution in [0.4, 0.5) is 0 Å². The maximum atomic E-state index is 4.58. The van der Waals surface area contributed by atoms with E-state index >= 15 is 0 Å². The molecule has 0 fully saturated rings. The van der Waals surface area contributed by atoms with E-state index in [9.17, 15) is 0 Å². The van der Waals surface area contributed by atoms with Gasteiger partial charge in [-0.2, -0.15) is 0 Å². The van der Waals surface area contributed by atoms with Crippen LogP contribution >= 0.6 is 0 Å². The van der Waals surface area contributed by atoms with E-state index in [1.54, 1.807) is 0 Å². The van der Waals surface area contributed by atoms with E-state index in [-0.39, 0.29) is 0 Å². The molecule has 0 saturated carbocycles. The second kappa shape index (κ2) is 5.36. The Labute approximate surface area is 134 Å². The summed E-state index contributed by atoms with van der Waals surface area (Å²) >= 11 is 0. The van der Waals surface area contributed by atoms with E-state index in [1.165, 1.54) is 32.5 Å². The predicted octanol–water partition coefficient (Wildman–Crippen LogP) is 2.90. The van der Waals surface area contributed by atoms with Crippen molar-refractivity contribution in [2.45, 2.75) is 13.8 Å². The van der Waals surface area contributed by atoms with Crippen molar-refractivity contribution in [2.75, 3.05) is 0 Å². The number of benzene rings is 1. The van der Waals surface area contributed by atoms with Gasteiger partial charge in [0.1, 0.15) is 5.65 Å². The fourth-order valence-electron chi connectivity index (χ4n) is 3.27. The first-order valence-corrected chi connectivity index (χ1v) is 7.72. The third-order valence-electron chi connectivity index (χ3n) is 4.35. The number of pyridine rings is 2. The Kier molecular flexibility index (Phi) is 3.19. The molecule has 3 heteroatoms. The molecule has 3 aromatic heterocycles. The summed E-state index contributed by atoms with van der Waals surface area (Å²) in [5.74, 6) is 0. The number of aromatic nitrogens is 3. The van der Waals surface area contributed by atoms with Crippen LogP contribution in [0, 0.1) is 0 Å². The van der Waals surface area contributed by atoms with Crippen LogP contribution in [0.1, 0.15) is 19.4 Å². The van der Waals surface area contributed by atoms with Gasteiger partial charge < -0.3 is 0 Å². The van der Waals surface area contributed by atoms with E-state index in [0.717, 1.165) is 5.65 Å². The molecule has 4 aromatic rings. The lowest BCUT2D eigenvalue weighted by Gasteiger charge is -2.08. The van der Waals surface area contributed by atoms with Crippen molar-refractivity contribution < 1.29 is 0 Å². The lowest BCUT2D eigenvalue weighted by atomic mass is 10.0. The predicted molar refractivity (Wildman–Crippen MR) is 94.5 cm³/mol. The molecule has 0 atom stereocenters. The van der Waals surface area contributed by atoms with Crippen molar-refractivity contribution in [1.29, 1.82) is 0 Å². The molecule has 3 heterocycles. The SMILES string of the molecule is C/C=c1\c(=C(/C)c2ccncc2)n2ccnc2c2ccccc12. The molecule has 0 spiro atoms.